The van der Waals surface area contributed by atoms with Crippen LogP contribution in [0.25, 0.3) is 27.9 Å². The molecule has 1 aliphatic rings. The van der Waals surface area contributed by atoms with Crippen molar-refractivity contribution in [3.05, 3.63) is 89.0 Å². The summed E-state index contributed by atoms with van der Waals surface area (Å²) in [5.74, 6) is -0.880. The van der Waals surface area contributed by atoms with Gasteiger partial charge in [0.15, 0.2) is 0 Å². The van der Waals surface area contributed by atoms with Gasteiger partial charge in [-0.1, -0.05) is 48.0 Å². The van der Waals surface area contributed by atoms with Crippen LogP contribution in [0.2, 0.25) is 0 Å². The highest BCUT2D eigenvalue weighted by molar-refractivity contribution is 6.08. The fraction of sp³-hybridized carbons (Fsp3) is 0.250. The Morgan fingerprint density at radius 2 is 1.66 bits per heavy atom. The maximum absolute atomic E-state index is 11.0. The topological polar surface area (TPSA) is 45.5 Å². The number of carbonyl (C=O) groups is 1. The smallest absolute Gasteiger partial charge is 0.335 e. The minimum Gasteiger partial charge on any atom is -0.478 e. The molecule has 0 aliphatic carbocycles. The normalized spacial score (nSPS) is 14.8. The van der Waals surface area contributed by atoms with Gasteiger partial charge in [0, 0.05) is 48.0 Å². The largest absolute Gasteiger partial charge is 0.478 e. The Morgan fingerprint density at radius 1 is 0.938 bits per heavy atom. The van der Waals surface area contributed by atoms with Crippen molar-refractivity contribution in [2.45, 2.75) is 32.9 Å². The third kappa shape index (κ3) is 3.94. The first-order valence-electron chi connectivity index (χ1n) is 11.4. The van der Waals surface area contributed by atoms with Crippen LogP contribution in [0.4, 0.5) is 0 Å². The minimum atomic E-state index is -0.880. The quantitative estimate of drug-likeness (QED) is 0.415. The number of aromatic carboxylic acids is 1. The van der Waals surface area contributed by atoms with Crippen LogP contribution in [-0.4, -0.2) is 33.6 Å². The predicted octanol–water partition coefficient (Wildman–Crippen LogP) is 6.19. The molecule has 0 unspecified atom stereocenters. The number of hydrogen-bond donors (Lipinski definition) is 1. The van der Waals surface area contributed by atoms with E-state index in [1.165, 1.54) is 32.9 Å². The second-order valence-electron chi connectivity index (χ2n) is 8.62. The van der Waals surface area contributed by atoms with E-state index in [2.05, 4.69) is 64.9 Å². The van der Waals surface area contributed by atoms with E-state index < -0.39 is 5.97 Å². The minimum absolute atomic E-state index is 0.334. The maximum Gasteiger partial charge on any atom is 0.335 e. The zero-order valence-corrected chi connectivity index (χ0v) is 18.4. The summed E-state index contributed by atoms with van der Waals surface area (Å²) in [6, 6.07) is 22.8. The third-order valence-electron chi connectivity index (χ3n) is 6.59. The molecule has 1 N–H and O–H groups in total. The first kappa shape index (κ1) is 20.5. The van der Waals surface area contributed by atoms with E-state index in [0.717, 1.165) is 44.6 Å². The number of aromatic nitrogens is 1. The van der Waals surface area contributed by atoms with E-state index in [1.807, 2.05) is 12.1 Å². The monoisotopic (exact) mass is 424 g/mol. The van der Waals surface area contributed by atoms with Crippen LogP contribution in [0, 0.1) is 0 Å². The molecule has 4 aromatic rings. The van der Waals surface area contributed by atoms with Gasteiger partial charge in [0.05, 0.1) is 5.56 Å². The van der Waals surface area contributed by atoms with Crippen molar-refractivity contribution in [1.29, 1.82) is 0 Å². The molecule has 3 aromatic carbocycles. The predicted molar refractivity (Wildman–Crippen MR) is 131 cm³/mol. The lowest BCUT2D eigenvalue weighted by atomic mass is 9.99. The molecule has 0 saturated carbocycles. The van der Waals surface area contributed by atoms with E-state index in [4.69, 9.17) is 5.11 Å². The lowest BCUT2D eigenvalue weighted by Crippen LogP contribution is -2.30. The van der Waals surface area contributed by atoms with Crippen LogP contribution in [0.15, 0.2) is 72.3 Å². The van der Waals surface area contributed by atoms with Crippen LogP contribution >= 0.6 is 0 Å². The second-order valence-corrected chi connectivity index (χ2v) is 8.62. The van der Waals surface area contributed by atoms with Gasteiger partial charge in [0.25, 0.3) is 0 Å². The Morgan fingerprint density at radius 3 is 2.38 bits per heavy atom. The second kappa shape index (κ2) is 8.64. The highest BCUT2D eigenvalue weighted by Gasteiger charge is 2.16. The molecule has 32 heavy (non-hydrogen) atoms. The lowest BCUT2D eigenvalue weighted by Gasteiger charge is -2.28. The highest BCUT2D eigenvalue weighted by Crippen LogP contribution is 2.30. The molecule has 2 heterocycles. The Hall–Kier alpha value is -3.37. The molecule has 0 bridgehead atoms. The summed E-state index contributed by atoms with van der Waals surface area (Å²) in [5.41, 5.74) is 6.85. The summed E-state index contributed by atoms with van der Waals surface area (Å²) in [5, 5.41) is 11.7. The van der Waals surface area contributed by atoms with E-state index in [9.17, 15) is 4.79 Å². The third-order valence-corrected chi connectivity index (χ3v) is 6.59. The lowest BCUT2D eigenvalue weighted by molar-refractivity contribution is 0.0697. The Balaban J connectivity index is 1.29. The molecule has 0 radical (unpaired) electrons. The average Bonchev–Trinajstić information content (AvgIpc) is 3.14. The number of likely N-dealkylation sites (tertiary alicyclic amines) is 1. The summed E-state index contributed by atoms with van der Waals surface area (Å²) in [7, 11) is 0. The summed E-state index contributed by atoms with van der Waals surface area (Å²) < 4.78 is 2.40. The van der Waals surface area contributed by atoms with Gasteiger partial charge < -0.3 is 9.67 Å². The van der Waals surface area contributed by atoms with Crippen LogP contribution in [0.5, 0.6) is 0 Å². The van der Waals surface area contributed by atoms with E-state index in [0.29, 0.717) is 5.56 Å². The van der Waals surface area contributed by atoms with Gasteiger partial charge in [-0.05, 0) is 61.2 Å². The van der Waals surface area contributed by atoms with Gasteiger partial charge in [0.2, 0.25) is 0 Å². The number of para-hydroxylation sites is 1. The van der Waals surface area contributed by atoms with Crippen LogP contribution < -0.4 is 0 Å². The van der Waals surface area contributed by atoms with Crippen molar-refractivity contribution in [3.63, 3.8) is 0 Å². The Kier molecular flexibility index (Phi) is 5.54. The van der Waals surface area contributed by atoms with Crippen molar-refractivity contribution < 1.29 is 9.90 Å². The van der Waals surface area contributed by atoms with Crippen molar-refractivity contribution in [3.8, 4) is 0 Å². The van der Waals surface area contributed by atoms with Gasteiger partial charge in [-0.15, -0.1) is 0 Å². The van der Waals surface area contributed by atoms with Crippen LogP contribution in [-0.2, 0) is 13.1 Å². The number of nitrogens with zero attached hydrogens (tertiary/aromatic N) is 2. The molecule has 0 spiro atoms. The maximum atomic E-state index is 11.0. The molecular weight excluding hydrogens is 396 g/mol. The van der Waals surface area contributed by atoms with E-state index in [-0.39, 0.29) is 0 Å². The number of aryl methyl sites for hydroxylation is 1. The SMILES string of the molecule is CCn1c2ccccc2c2cc(CN3CCC(=Cc4ccc(C(=O)O)cc4)CC3)ccc21. The van der Waals surface area contributed by atoms with Crippen molar-refractivity contribution in [1.82, 2.24) is 9.47 Å². The fourth-order valence-corrected chi connectivity index (χ4v) is 4.90. The summed E-state index contributed by atoms with van der Waals surface area (Å²) in [6.07, 6.45) is 4.32. The Labute approximate surface area is 188 Å². The zero-order chi connectivity index (χ0) is 22.1. The molecule has 1 fully saturated rings. The molecule has 1 saturated heterocycles. The number of carboxylic acids is 1. The highest BCUT2D eigenvalue weighted by atomic mass is 16.4. The summed E-state index contributed by atoms with van der Waals surface area (Å²) >= 11 is 0. The van der Waals surface area contributed by atoms with Crippen LogP contribution in [0.1, 0.15) is 41.3 Å². The number of rotatable bonds is 5. The number of hydrogen-bond acceptors (Lipinski definition) is 2. The number of benzene rings is 3. The fourth-order valence-electron chi connectivity index (χ4n) is 4.90. The molecule has 0 atom stereocenters. The van der Waals surface area contributed by atoms with Gasteiger partial charge in [0.1, 0.15) is 0 Å². The molecular formula is C28H28N2O2. The molecule has 162 valence electrons. The molecule has 1 aromatic heterocycles. The van der Waals surface area contributed by atoms with Crippen molar-refractivity contribution in [2.24, 2.45) is 0 Å². The molecule has 1 aliphatic heterocycles. The summed E-state index contributed by atoms with van der Waals surface area (Å²) in [6.45, 7) is 6.26. The standard InChI is InChI=1S/C28H28N2O2/c1-2-30-26-6-4-3-5-24(26)25-18-22(9-12-27(25)30)19-29-15-13-21(14-16-29)17-20-7-10-23(11-8-20)28(31)32/h3-12,17-18H,2,13-16,19H2,1H3,(H,31,32). The average molecular weight is 425 g/mol. The zero-order valence-electron chi connectivity index (χ0n) is 18.4. The van der Waals surface area contributed by atoms with E-state index >= 15 is 0 Å². The number of fused-ring (bicyclic) bond motifs is 3. The van der Waals surface area contributed by atoms with E-state index in [1.54, 1.807) is 12.1 Å². The Bertz CT molecular complexity index is 1300. The molecule has 0 amide bonds. The van der Waals surface area contributed by atoms with Crippen molar-refractivity contribution >= 4 is 33.9 Å². The molecule has 5 rings (SSSR count). The van der Waals surface area contributed by atoms with Crippen LogP contribution in [0.3, 0.4) is 0 Å². The number of piperidine rings is 1. The van der Waals surface area contributed by atoms with Gasteiger partial charge in [-0.25, -0.2) is 4.79 Å². The number of carboxylic acid groups (broad SMARTS) is 1. The van der Waals surface area contributed by atoms with Crippen molar-refractivity contribution in [2.75, 3.05) is 13.1 Å². The molecule has 4 heteroatoms. The van der Waals surface area contributed by atoms with Gasteiger partial charge in [-0.2, -0.15) is 0 Å². The first-order chi connectivity index (χ1) is 15.6. The van der Waals surface area contributed by atoms with Gasteiger partial charge >= 0.3 is 5.97 Å². The summed E-state index contributed by atoms with van der Waals surface area (Å²) in [4.78, 5) is 13.6. The van der Waals surface area contributed by atoms with Gasteiger partial charge in [-0.3, -0.25) is 4.90 Å². The molecule has 4 nitrogen and oxygen atoms in total. The first-order valence-corrected chi connectivity index (χ1v) is 11.4.